The number of H-pyrrole nitrogens is 1. The zero-order valence-corrected chi connectivity index (χ0v) is 15.5. The summed E-state index contributed by atoms with van der Waals surface area (Å²) in [5.41, 5.74) is 1.67. The monoisotopic (exact) mass is 371 g/mol. The van der Waals surface area contributed by atoms with E-state index in [1.54, 1.807) is 11.8 Å². The molecule has 1 aliphatic carbocycles. The fourth-order valence-corrected chi connectivity index (χ4v) is 4.03. The minimum absolute atomic E-state index is 0.115. The highest BCUT2D eigenvalue weighted by atomic mass is 16.3. The van der Waals surface area contributed by atoms with Gasteiger partial charge in [-0.2, -0.15) is 5.10 Å². The van der Waals surface area contributed by atoms with Crippen molar-refractivity contribution in [2.24, 2.45) is 0 Å². The Balaban J connectivity index is 1.40. The molecule has 2 aromatic rings. The number of nitrogens with zero attached hydrogens (tertiary/aromatic N) is 3. The molecular weight excluding hydrogens is 346 g/mol. The molecule has 2 amide bonds. The second-order valence-electron chi connectivity index (χ2n) is 7.51. The standard InChI is InChI=1S/C19H25N5O3/c1-12-20-17(11-27-12)19(26)24-8-4-5-13(10-24)15-9-16(23-22-15)18(25)21-14-6-2-3-7-14/h9,11,13-14H,2-8,10H2,1H3,(H,21,25)(H,22,23). The molecule has 0 radical (unpaired) electrons. The fraction of sp³-hybridized carbons (Fsp3) is 0.579. The average Bonchev–Trinajstić information content (AvgIpc) is 3.43. The second-order valence-corrected chi connectivity index (χ2v) is 7.51. The van der Waals surface area contributed by atoms with Crippen molar-refractivity contribution in [2.45, 2.75) is 57.4 Å². The van der Waals surface area contributed by atoms with Gasteiger partial charge in [-0.05, 0) is 31.7 Å². The van der Waals surface area contributed by atoms with E-state index in [0.717, 1.165) is 31.4 Å². The van der Waals surface area contributed by atoms with Crippen LogP contribution in [0.2, 0.25) is 0 Å². The number of carbonyl (C=O) groups excluding carboxylic acids is 2. The van der Waals surface area contributed by atoms with Crippen LogP contribution in [0, 0.1) is 6.92 Å². The Morgan fingerprint density at radius 1 is 1.22 bits per heavy atom. The Hall–Kier alpha value is -2.64. The van der Waals surface area contributed by atoms with Crippen molar-refractivity contribution in [3.63, 3.8) is 0 Å². The molecule has 1 aliphatic heterocycles. The molecule has 0 aromatic carbocycles. The van der Waals surface area contributed by atoms with Gasteiger partial charge in [-0.3, -0.25) is 14.7 Å². The second kappa shape index (κ2) is 7.54. The number of piperidine rings is 1. The van der Waals surface area contributed by atoms with Gasteiger partial charge in [0, 0.05) is 37.7 Å². The Morgan fingerprint density at radius 2 is 2.04 bits per heavy atom. The average molecular weight is 371 g/mol. The van der Waals surface area contributed by atoms with E-state index in [2.05, 4.69) is 20.5 Å². The third-order valence-corrected chi connectivity index (χ3v) is 5.51. The number of likely N-dealkylation sites (tertiary alicyclic amines) is 1. The normalized spacial score (nSPS) is 20.8. The number of hydrogen-bond acceptors (Lipinski definition) is 5. The summed E-state index contributed by atoms with van der Waals surface area (Å²) in [7, 11) is 0. The first-order valence-electron chi connectivity index (χ1n) is 9.67. The maximum Gasteiger partial charge on any atom is 0.275 e. The van der Waals surface area contributed by atoms with Gasteiger partial charge in [0.05, 0.1) is 0 Å². The van der Waals surface area contributed by atoms with Crippen LogP contribution in [0.5, 0.6) is 0 Å². The van der Waals surface area contributed by atoms with Crippen LogP contribution in [-0.4, -0.2) is 51.0 Å². The number of carbonyl (C=O) groups is 2. The molecule has 2 aromatic heterocycles. The van der Waals surface area contributed by atoms with Gasteiger partial charge in [-0.1, -0.05) is 12.8 Å². The van der Waals surface area contributed by atoms with Crippen LogP contribution in [0.15, 0.2) is 16.7 Å². The lowest BCUT2D eigenvalue weighted by atomic mass is 9.94. The maximum atomic E-state index is 12.6. The molecule has 0 spiro atoms. The summed E-state index contributed by atoms with van der Waals surface area (Å²) >= 11 is 0. The zero-order valence-electron chi connectivity index (χ0n) is 15.5. The highest BCUT2D eigenvalue weighted by molar-refractivity contribution is 5.93. The molecular formula is C19H25N5O3. The summed E-state index contributed by atoms with van der Waals surface area (Å²) in [6.07, 6.45) is 7.70. The molecule has 27 heavy (non-hydrogen) atoms. The zero-order chi connectivity index (χ0) is 18.8. The third kappa shape index (κ3) is 3.89. The molecule has 2 fully saturated rings. The first kappa shape index (κ1) is 17.8. The molecule has 1 saturated carbocycles. The van der Waals surface area contributed by atoms with Crippen LogP contribution in [-0.2, 0) is 0 Å². The van der Waals surface area contributed by atoms with Crippen LogP contribution in [0.3, 0.4) is 0 Å². The third-order valence-electron chi connectivity index (χ3n) is 5.51. The molecule has 144 valence electrons. The van der Waals surface area contributed by atoms with Gasteiger partial charge in [-0.25, -0.2) is 4.98 Å². The predicted molar refractivity (Wildman–Crippen MR) is 97.4 cm³/mol. The molecule has 0 bridgehead atoms. The molecule has 3 heterocycles. The summed E-state index contributed by atoms with van der Waals surface area (Å²) in [6, 6.07) is 2.09. The van der Waals surface area contributed by atoms with E-state index in [4.69, 9.17) is 4.42 Å². The lowest BCUT2D eigenvalue weighted by Crippen LogP contribution is -2.39. The number of nitrogens with one attached hydrogen (secondary N) is 2. The minimum Gasteiger partial charge on any atom is -0.448 e. The van der Waals surface area contributed by atoms with Gasteiger partial charge in [0.25, 0.3) is 11.8 Å². The number of aromatic amines is 1. The summed E-state index contributed by atoms with van der Waals surface area (Å²) in [6.45, 7) is 3.00. The Bertz CT molecular complexity index is 821. The molecule has 8 nitrogen and oxygen atoms in total. The fourth-order valence-electron chi connectivity index (χ4n) is 4.03. The number of aromatic nitrogens is 3. The molecule has 4 rings (SSSR count). The predicted octanol–water partition coefficient (Wildman–Crippen LogP) is 2.40. The number of oxazole rings is 1. The van der Waals surface area contributed by atoms with Gasteiger partial charge in [0.2, 0.25) is 0 Å². The quantitative estimate of drug-likeness (QED) is 0.859. The van der Waals surface area contributed by atoms with E-state index in [1.165, 1.54) is 19.1 Å². The Morgan fingerprint density at radius 3 is 2.78 bits per heavy atom. The van der Waals surface area contributed by atoms with Crippen LogP contribution in [0.25, 0.3) is 0 Å². The van der Waals surface area contributed by atoms with Gasteiger partial charge in [-0.15, -0.1) is 0 Å². The minimum atomic E-state index is -0.119. The summed E-state index contributed by atoms with van der Waals surface area (Å²) < 4.78 is 5.15. The summed E-state index contributed by atoms with van der Waals surface area (Å²) in [4.78, 5) is 30.9. The number of amides is 2. The summed E-state index contributed by atoms with van der Waals surface area (Å²) in [5.74, 6) is 0.385. The highest BCUT2D eigenvalue weighted by Gasteiger charge is 2.29. The largest absolute Gasteiger partial charge is 0.448 e. The van der Waals surface area contributed by atoms with E-state index in [0.29, 0.717) is 30.4 Å². The smallest absolute Gasteiger partial charge is 0.275 e. The van der Waals surface area contributed by atoms with Gasteiger partial charge in [0.15, 0.2) is 11.6 Å². The van der Waals surface area contributed by atoms with E-state index in [1.807, 2.05) is 6.07 Å². The van der Waals surface area contributed by atoms with E-state index in [-0.39, 0.29) is 23.8 Å². The summed E-state index contributed by atoms with van der Waals surface area (Å²) in [5, 5.41) is 10.3. The number of aryl methyl sites for hydroxylation is 1. The van der Waals surface area contributed by atoms with Crippen molar-refractivity contribution >= 4 is 11.8 Å². The molecule has 1 saturated heterocycles. The lowest BCUT2D eigenvalue weighted by molar-refractivity contribution is 0.0699. The van der Waals surface area contributed by atoms with Gasteiger partial charge >= 0.3 is 0 Å². The lowest BCUT2D eigenvalue weighted by Gasteiger charge is -2.31. The van der Waals surface area contributed by atoms with Crippen LogP contribution < -0.4 is 5.32 Å². The molecule has 1 atom stereocenters. The van der Waals surface area contributed by atoms with Crippen LogP contribution in [0.4, 0.5) is 0 Å². The maximum absolute atomic E-state index is 12.6. The Labute approximate surface area is 157 Å². The van der Waals surface area contributed by atoms with Crippen molar-refractivity contribution in [1.29, 1.82) is 0 Å². The molecule has 2 N–H and O–H groups in total. The first-order valence-corrected chi connectivity index (χ1v) is 9.67. The number of hydrogen-bond donors (Lipinski definition) is 2. The van der Waals surface area contributed by atoms with E-state index >= 15 is 0 Å². The van der Waals surface area contributed by atoms with Crippen molar-refractivity contribution in [3.05, 3.63) is 35.3 Å². The van der Waals surface area contributed by atoms with Crippen molar-refractivity contribution < 1.29 is 14.0 Å². The van der Waals surface area contributed by atoms with Crippen molar-refractivity contribution in [3.8, 4) is 0 Å². The van der Waals surface area contributed by atoms with Gasteiger partial charge in [0.1, 0.15) is 12.0 Å². The SMILES string of the molecule is Cc1nc(C(=O)N2CCCC(c3cc(C(=O)NC4CCCC4)n[nH]3)C2)co1. The molecule has 8 heteroatoms. The first-order chi connectivity index (χ1) is 13.1. The van der Waals surface area contributed by atoms with Crippen LogP contribution >= 0.6 is 0 Å². The topological polar surface area (TPSA) is 104 Å². The highest BCUT2D eigenvalue weighted by Crippen LogP contribution is 2.27. The number of rotatable bonds is 4. The van der Waals surface area contributed by atoms with E-state index in [9.17, 15) is 9.59 Å². The Kier molecular flexibility index (Phi) is 4.96. The van der Waals surface area contributed by atoms with Gasteiger partial charge < -0.3 is 14.6 Å². The molecule has 1 unspecified atom stereocenters. The van der Waals surface area contributed by atoms with Crippen molar-refractivity contribution in [1.82, 2.24) is 25.4 Å². The van der Waals surface area contributed by atoms with Crippen LogP contribution in [0.1, 0.15) is 77.0 Å². The molecule has 2 aliphatic rings. The van der Waals surface area contributed by atoms with Crippen molar-refractivity contribution in [2.75, 3.05) is 13.1 Å². The van der Waals surface area contributed by atoms with E-state index < -0.39 is 0 Å².